The average molecular weight is 538 g/mol. The van der Waals surface area contributed by atoms with Gasteiger partial charge in [0.05, 0.1) is 12.9 Å². The van der Waals surface area contributed by atoms with Crippen LogP contribution in [0.2, 0.25) is 0 Å². The molecule has 3 rings (SSSR count). The maximum Gasteiger partial charge on any atom is 0.489 e. The van der Waals surface area contributed by atoms with Crippen molar-refractivity contribution in [3.05, 3.63) is 0 Å². The van der Waals surface area contributed by atoms with Crippen molar-refractivity contribution in [2.75, 3.05) is 13.7 Å². The highest BCUT2D eigenvalue weighted by Gasteiger charge is 2.52. The van der Waals surface area contributed by atoms with Crippen molar-refractivity contribution in [1.29, 1.82) is 0 Å². The Hall–Kier alpha value is -1.30. The highest BCUT2D eigenvalue weighted by Crippen LogP contribution is 2.66. The third-order valence-electron chi connectivity index (χ3n) is 4.48. The van der Waals surface area contributed by atoms with Gasteiger partial charge >= 0.3 is 23.4 Å². The molecule has 0 saturated carbocycles. The number of ether oxygens (including phenoxy) is 1. The van der Waals surface area contributed by atoms with E-state index in [0.717, 1.165) is 13.4 Å². The van der Waals surface area contributed by atoms with E-state index in [1.54, 1.807) is 5.09 Å². The number of nitrogens with zero attached hydrogens (tertiary/aromatic N) is 3. The maximum atomic E-state index is 11.9. The molecule has 0 bridgehead atoms. The molecule has 3 aliphatic rings. The molecule has 0 aliphatic carbocycles. The van der Waals surface area contributed by atoms with Crippen LogP contribution in [0, 0.1) is 0 Å². The number of guanidine groups is 1. The summed E-state index contributed by atoms with van der Waals surface area (Å²) < 4.78 is 52.6. The number of carbonyl (C=O) groups is 1. The van der Waals surface area contributed by atoms with Gasteiger partial charge in [0.15, 0.2) is 24.4 Å². The topological polar surface area (TPSA) is 284 Å². The minimum absolute atomic E-state index is 0.204. The maximum absolute atomic E-state index is 11.9. The molecule has 1 fully saturated rings. The van der Waals surface area contributed by atoms with Gasteiger partial charge in [0.1, 0.15) is 18.3 Å². The summed E-state index contributed by atoms with van der Waals surface area (Å²) in [6.07, 6.45) is -5.98. The van der Waals surface area contributed by atoms with Gasteiger partial charge < -0.3 is 40.3 Å². The molecular formula is C11H21N6O13P3. The number of hydrogen-bond donors (Lipinski definition) is 8. The van der Waals surface area contributed by atoms with Gasteiger partial charge in [-0.05, 0) is 7.05 Å². The number of aliphatic hydroxyl groups excluding tert-OH is 2. The molecule has 33 heavy (non-hydrogen) atoms. The lowest BCUT2D eigenvalue weighted by Crippen LogP contribution is -2.56. The predicted octanol–water partition coefficient (Wildman–Crippen LogP) is -3.51. The lowest BCUT2D eigenvalue weighted by molar-refractivity contribution is -0.124. The Morgan fingerprint density at radius 2 is 1.88 bits per heavy atom. The zero-order valence-corrected chi connectivity index (χ0v) is 19.2. The first-order chi connectivity index (χ1) is 15.1. The van der Waals surface area contributed by atoms with E-state index in [1.165, 1.54) is 4.90 Å². The summed E-state index contributed by atoms with van der Waals surface area (Å²) in [4.78, 5) is 49.2. The second-order valence-corrected chi connectivity index (χ2v) is 11.7. The lowest BCUT2D eigenvalue weighted by atomic mass is 10.1. The zero-order valence-electron chi connectivity index (χ0n) is 16.5. The van der Waals surface area contributed by atoms with Gasteiger partial charge in [-0.1, -0.05) is 0 Å². The summed E-state index contributed by atoms with van der Waals surface area (Å²) in [5, 5.41) is 24.5. The fourth-order valence-electron chi connectivity index (χ4n) is 3.02. The Morgan fingerprint density at radius 1 is 1.21 bits per heavy atom. The lowest BCUT2D eigenvalue weighted by Gasteiger charge is -2.32. The van der Waals surface area contributed by atoms with Crippen LogP contribution in [0.15, 0.2) is 9.98 Å². The van der Waals surface area contributed by atoms with Crippen molar-refractivity contribution < 1.29 is 61.3 Å². The fraction of sp³-hybridized carbons (Fsp3) is 0.727. The molecule has 0 aromatic carbocycles. The van der Waals surface area contributed by atoms with Gasteiger partial charge in [-0.15, -0.1) is 0 Å². The van der Waals surface area contributed by atoms with Crippen molar-refractivity contribution in [1.82, 2.24) is 15.3 Å². The Morgan fingerprint density at radius 3 is 2.52 bits per heavy atom. The molecule has 3 heterocycles. The smallest absolute Gasteiger partial charge is 0.387 e. The van der Waals surface area contributed by atoms with Gasteiger partial charge in [-0.25, -0.2) is 23.8 Å². The van der Waals surface area contributed by atoms with Crippen LogP contribution in [0.4, 0.5) is 0 Å². The molecule has 0 radical (unpaired) electrons. The average Bonchev–Trinajstić information content (AvgIpc) is 3.20. The van der Waals surface area contributed by atoms with Gasteiger partial charge in [-0.2, -0.15) is 8.62 Å². The zero-order chi connectivity index (χ0) is 24.8. The van der Waals surface area contributed by atoms with E-state index in [1.807, 2.05) is 0 Å². The molecule has 0 aromatic heterocycles. The van der Waals surface area contributed by atoms with Crippen LogP contribution >= 0.6 is 23.4 Å². The number of aliphatic hydroxyl groups is 2. The van der Waals surface area contributed by atoms with Crippen molar-refractivity contribution in [3.63, 3.8) is 0 Å². The first-order valence-electron chi connectivity index (χ1n) is 8.86. The molecule has 0 aromatic rings. The summed E-state index contributed by atoms with van der Waals surface area (Å²) in [5.74, 6) is -0.761. The van der Waals surface area contributed by atoms with E-state index >= 15 is 0 Å². The van der Waals surface area contributed by atoms with Crippen LogP contribution in [0.5, 0.6) is 0 Å². The number of aliphatic imine (C=N–C) groups is 2. The number of amides is 1. The van der Waals surface area contributed by atoms with Crippen LogP contribution in [-0.4, -0.2) is 98.4 Å². The van der Waals surface area contributed by atoms with Gasteiger partial charge in [0.2, 0.25) is 0 Å². The molecule has 22 heteroatoms. The van der Waals surface area contributed by atoms with E-state index in [2.05, 4.69) is 28.4 Å². The Labute approximate surface area is 185 Å². The number of nitrogens with two attached hydrogens (primary N) is 1. The van der Waals surface area contributed by atoms with Crippen LogP contribution in [0.3, 0.4) is 0 Å². The van der Waals surface area contributed by atoms with Crippen LogP contribution in [0.25, 0.3) is 0 Å². The Bertz CT molecular complexity index is 993. The predicted molar refractivity (Wildman–Crippen MR) is 105 cm³/mol. The molecule has 3 aliphatic heterocycles. The monoisotopic (exact) mass is 538 g/mol. The summed E-state index contributed by atoms with van der Waals surface area (Å²) >= 11 is 0. The van der Waals surface area contributed by atoms with Gasteiger partial charge in [-0.3, -0.25) is 19.6 Å². The number of nitrogens with one attached hydrogen (secondary N) is 2. The van der Waals surface area contributed by atoms with Crippen LogP contribution in [-0.2, 0) is 36.4 Å². The molecule has 9 N–H and O–H groups in total. The van der Waals surface area contributed by atoms with E-state index in [4.69, 9.17) is 15.4 Å². The van der Waals surface area contributed by atoms with Gasteiger partial charge in [0.25, 0.3) is 5.91 Å². The Balaban J connectivity index is 1.63. The van der Waals surface area contributed by atoms with E-state index in [0.29, 0.717) is 0 Å². The first kappa shape index (κ1) is 26.3. The molecule has 1 amide bonds. The van der Waals surface area contributed by atoms with Crippen molar-refractivity contribution in [2.45, 2.75) is 36.7 Å². The third kappa shape index (κ3) is 6.04. The second kappa shape index (κ2) is 9.39. The summed E-state index contributed by atoms with van der Waals surface area (Å²) in [6, 6.07) is -0.995. The van der Waals surface area contributed by atoms with Gasteiger partial charge in [0, 0.05) is 0 Å². The minimum atomic E-state index is -5.55. The number of hydrogen-bond acceptors (Lipinski definition) is 14. The molecule has 19 nitrogen and oxygen atoms in total. The molecule has 0 spiro atoms. The van der Waals surface area contributed by atoms with Crippen molar-refractivity contribution in [2.24, 2.45) is 15.7 Å². The minimum Gasteiger partial charge on any atom is -0.387 e. The van der Waals surface area contributed by atoms with Crippen molar-refractivity contribution >= 4 is 41.6 Å². The molecule has 9 atom stereocenters. The highest BCUT2D eigenvalue weighted by molar-refractivity contribution is 7.67. The standard InChI is InChI=1S/C11H21N6O13P3/c1-13-31(21,22)29-33(25,26)30-32(23,24)27-2-4-6(18)7(19)10(28-4)17-3-14-5-8(17)15-11(12)16-9(5)20/h3-8,10,18-19H,2H2,1H3,(H,23,24)(H,25,26)(H2,13,21,22)(H3,12,15,16,20). The summed E-state index contributed by atoms with van der Waals surface area (Å²) in [6.45, 7) is -0.948. The molecule has 188 valence electrons. The van der Waals surface area contributed by atoms with E-state index in [-0.39, 0.29) is 5.96 Å². The van der Waals surface area contributed by atoms with E-state index < -0.39 is 72.7 Å². The van der Waals surface area contributed by atoms with Crippen LogP contribution < -0.4 is 16.1 Å². The van der Waals surface area contributed by atoms with Crippen LogP contribution in [0.1, 0.15) is 0 Å². The quantitative estimate of drug-likeness (QED) is 0.132. The summed E-state index contributed by atoms with van der Waals surface area (Å²) in [5.41, 5.74) is 5.52. The number of fused-ring (bicyclic) bond motifs is 1. The fourth-order valence-corrected chi connectivity index (χ4v) is 6.42. The third-order valence-corrected chi connectivity index (χ3v) is 8.88. The number of phosphoric acid groups is 2. The highest BCUT2D eigenvalue weighted by atomic mass is 31.3. The van der Waals surface area contributed by atoms with E-state index in [9.17, 15) is 38.5 Å². The Kier molecular flexibility index (Phi) is 7.49. The molecule has 9 unspecified atom stereocenters. The molecular weight excluding hydrogens is 517 g/mol. The molecule has 1 saturated heterocycles. The summed E-state index contributed by atoms with van der Waals surface area (Å²) in [7, 11) is -14.9. The number of phosphoric ester groups is 1. The SMILES string of the molecule is CNP(=O)(O)OP(=O)(O)OP(=O)(O)OCC1OC(N2C=NC3C(=O)NC(N)=NC32)C(O)C1O. The normalized spacial score (nSPS) is 37.0. The second-order valence-electron chi connectivity index (χ2n) is 6.76. The number of carbonyl (C=O) groups excluding carboxylic acids is 1. The number of rotatable bonds is 9. The van der Waals surface area contributed by atoms with Crippen molar-refractivity contribution in [3.8, 4) is 0 Å². The largest absolute Gasteiger partial charge is 0.489 e. The first-order valence-corrected chi connectivity index (χ1v) is 13.4.